The van der Waals surface area contributed by atoms with E-state index in [-0.39, 0.29) is 17.3 Å². The number of rotatable bonds is 6. The molecule has 0 aliphatic heterocycles. The highest BCUT2D eigenvalue weighted by molar-refractivity contribution is 7.99. The predicted molar refractivity (Wildman–Crippen MR) is 111 cm³/mol. The zero-order valence-corrected chi connectivity index (χ0v) is 17.3. The fourth-order valence-electron chi connectivity index (χ4n) is 3.47. The Morgan fingerprint density at radius 1 is 1.32 bits per heavy atom. The molecule has 28 heavy (non-hydrogen) atoms. The van der Waals surface area contributed by atoms with Crippen LogP contribution in [0.15, 0.2) is 34.2 Å². The van der Waals surface area contributed by atoms with Crippen LogP contribution in [0, 0.1) is 0 Å². The highest BCUT2D eigenvalue weighted by Gasteiger charge is 2.25. The molecule has 2 aromatic heterocycles. The van der Waals surface area contributed by atoms with E-state index in [2.05, 4.69) is 0 Å². The van der Waals surface area contributed by atoms with E-state index in [0.29, 0.717) is 28.6 Å². The van der Waals surface area contributed by atoms with Gasteiger partial charge < -0.3 is 9.47 Å². The Morgan fingerprint density at radius 3 is 2.93 bits per heavy atom. The molecule has 1 aliphatic rings. The number of methoxy groups -OCH3 is 1. The van der Waals surface area contributed by atoms with Crippen LogP contribution in [-0.2, 0) is 22.4 Å². The van der Waals surface area contributed by atoms with Crippen LogP contribution in [0.4, 0.5) is 0 Å². The molecule has 0 saturated heterocycles. The maximum atomic E-state index is 13.6. The maximum Gasteiger partial charge on any atom is 0.316 e. The van der Waals surface area contributed by atoms with Crippen molar-refractivity contribution < 1.29 is 14.3 Å². The number of thioether (sulfide) groups is 1. The molecule has 0 N–H and O–H groups in total. The summed E-state index contributed by atoms with van der Waals surface area (Å²) in [5.41, 5.74) is 1.64. The lowest BCUT2D eigenvalue weighted by Gasteiger charge is -2.15. The monoisotopic (exact) mass is 416 g/mol. The summed E-state index contributed by atoms with van der Waals surface area (Å²) in [4.78, 5) is 32.2. The van der Waals surface area contributed by atoms with Gasteiger partial charge in [0.05, 0.1) is 30.5 Å². The van der Waals surface area contributed by atoms with E-state index in [1.807, 2.05) is 24.3 Å². The number of hydrogen-bond acceptors (Lipinski definition) is 7. The number of para-hydroxylation sites is 2. The third kappa shape index (κ3) is 3.31. The highest BCUT2D eigenvalue weighted by atomic mass is 32.2. The first-order valence-electron chi connectivity index (χ1n) is 9.13. The number of ether oxygens (including phenoxy) is 2. The number of carbonyl (C=O) groups excluding carboxylic acids is 1. The largest absolute Gasteiger partial charge is 0.495 e. The molecule has 4 rings (SSSR count). The molecular weight excluding hydrogens is 396 g/mol. The molecule has 1 aromatic carbocycles. The summed E-state index contributed by atoms with van der Waals surface area (Å²) in [6.07, 6.45) is 2.98. The third-order valence-corrected chi connectivity index (χ3v) is 6.76. The second kappa shape index (κ2) is 7.97. The lowest BCUT2D eigenvalue weighted by Crippen LogP contribution is -2.23. The van der Waals surface area contributed by atoms with Gasteiger partial charge in [0.25, 0.3) is 5.56 Å². The fourth-order valence-corrected chi connectivity index (χ4v) is 5.58. The summed E-state index contributed by atoms with van der Waals surface area (Å²) in [7, 11) is 1.57. The molecule has 0 fully saturated rings. The third-order valence-electron chi connectivity index (χ3n) is 4.66. The van der Waals surface area contributed by atoms with E-state index in [9.17, 15) is 9.59 Å². The lowest BCUT2D eigenvalue weighted by atomic mass is 10.2. The number of aromatic nitrogens is 2. The van der Waals surface area contributed by atoms with Crippen molar-refractivity contribution in [3.63, 3.8) is 0 Å². The number of nitrogens with zero attached hydrogens (tertiary/aromatic N) is 2. The van der Waals surface area contributed by atoms with Crippen LogP contribution in [0.1, 0.15) is 23.8 Å². The normalized spacial score (nSPS) is 12.9. The van der Waals surface area contributed by atoms with Crippen LogP contribution < -0.4 is 10.3 Å². The standard InChI is InChI=1S/C20H20N2O4S2/c1-3-26-16(23)11-27-20-21-18-17(12-7-6-10-15(12)28-18)19(24)22(20)13-8-4-5-9-14(13)25-2/h4-5,8-9H,3,6-7,10-11H2,1-2H3. The Hall–Kier alpha value is -2.32. The highest BCUT2D eigenvalue weighted by Crippen LogP contribution is 2.36. The topological polar surface area (TPSA) is 70.4 Å². The number of aryl methyl sites for hydroxylation is 2. The van der Waals surface area contributed by atoms with Crippen molar-refractivity contribution >= 4 is 39.3 Å². The first kappa shape index (κ1) is 19.0. The molecule has 0 atom stereocenters. The van der Waals surface area contributed by atoms with Crippen molar-refractivity contribution in [1.82, 2.24) is 9.55 Å². The summed E-state index contributed by atoms with van der Waals surface area (Å²) < 4.78 is 12.1. The molecule has 0 amide bonds. The minimum absolute atomic E-state index is 0.0893. The number of carbonyl (C=O) groups is 1. The van der Waals surface area contributed by atoms with E-state index in [4.69, 9.17) is 14.5 Å². The van der Waals surface area contributed by atoms with Gasteiger partial charge in [-0.25, -0.2) is 4.98 Å². The molecule has 146 valence electrons. The van der Waals surface area contributed by atoms with Crippen LogP contribution in [0.5, 0.6) is 5.75 Å². The zero-order valence-electron chi connectivity index (χ0n) is 15.7. The van der Waals surface area contributed by atoms with Crippen LogP contribution in [0.3, 0.4) is 0 Å². The lowest BCUT2D eigenvalue weighted by molar-refractivity contribution is -0.139. The Labute approximate surface area is 170 Å². The summed E-state index contributed by atoms with van der Waals surface area (Å²) in [5, 5.41) is 1.17. The van der Waals surface area contributed by atoms with Gasteiger partial charge in [0.1, 0.15) is 10.6 Å². The first-order chi connectivity index (χ1) is 13.6. The average molecular weight is 417 g/mol. The molecule has 3 aromatic rings. The molecule has 8 heteroatoms. The molecule has 0 spiro atoms. The van der Waals surface area contributed by atoms with Crippen molar-refractivity contribution in [1.29, 1.82) is 0 Å². The SMILES string of the molecule is CCOC(=O)CSc1nc2sc3c(c2c(=O)n1-c1ccccc1OC)CCC3. The van der Waals surface area contributed by atoms with Gasteiger partial charge in [0.2, 0.25) is 0 Å². The summed E-state index contributed by atoms with van der Waals surface area (Å²) in [5.74, 6) is 0.337. The van der Waals surface area contributed by atoms with Crippen LogP contribution in [0.25, 0.3) is 15.9 Å². The Kier molecular flexibility index (Phi) is 5.41. The minimum atomic E-state index is -0.331. The number of fused-ring (bicyclic) bond motifs is 3. The van der Waals surface area contributed by atoms with Crippen molar-refractivity contribution in [2.75, 3.05) is 19.5 Å². The van der Waals surface area contributed by atoms with E-state index in [0.717, 1.165) is 29.7 Å². The van der Waals surface area contributed by atoms with Gasteiger partial charge in [-0.15, -0.1) is 11.3 Å². The summed E-state index contributed by atoms with van der Waals surface area (Å²) in [6.45, 7) is 2.09. The maximum absolute atomic E-state index is 13.6. The molecule has 0 bridgehead atoms. The zero-order chi connectivity index (χ0) is 19.7. The quantitative estimate of drug-likeness (QED) is 0.347. The van der Waals surface area contributed by atoms with Gasteiger partial charge in [-0.05, 0) is 43.9 Å². The molecule has 0 unspecified atom stereocenters. The second-order valence-corrected chi connectivity index (χ2v) is 8.36. The number of hydrogen-bond donors (Lipinski definition) is 0. The Balaban J connectivity index is 1.91. The molecule has 0 saturated carbocycles. The smallest absolute Gasteiger partial charge is 0.316 e. The summed E-state index contributed by atoms with van der Waals surface area (Å²) in [6, 6.07) is 7.35. The van der Waals surface area contributed by atoms with E-state index in [1.165, 1.54) is 16.6 Å². The minimum Gasteiger partial charge on any atom is -0.495 e. The molecule has 1 aliphatic carbocycles. The van der Waals surface area contributed by atoms with Gasteiger partial charge in [-0.1, -0.05) is 23.9 Å². The van der Waals surface area contributed by atoms with Crippen molar-refractivity contribution in [3.8, 4) is 11.4 Å². The first-order valence-corrected chi connectivity index (χ1v) is 10.9. The number of thiophene rings is 1. The Morgan fingerprint density at radius 2 is 2.14 bits per heavy atom. The van der Waals surface area contributed by atoms with Gasteiger partial charge in [-0.3, -0.25) is 14.2 Å². The molecular formula is C20H20N2O4S2. The Bertz CT molecular complexity index is 1100. The van der Waals surface area contributed by atoms with Crippen molar-refractivity contribution in [2.45, 2.75) is 31.3 Å². The van der Waals surface area contributed by atoms with Crippen molar-refractivity contribution in [2.24, 2.45) is 0 Å². The van der Waals surface area contributed by atoms with Gasteiger partial charge in [0.15, 0.2) is 5.16 Å². The van der Waals surface area contributed by atoms with Crippen LogP contribution in [-0.4, -0.2) is 35.0 Å². The predicted octanol–water partition coefficient (Wildman–Crippen LogP) is 3.60. The van der Waals surface area contributed by atoms with E-state index < -0.39 is 0 Å². The molecule has 0 radical (unpaired) electrons. The van der Waals surface area contributed by atoms with Crippen LogP contribution in [0.2, 0.25) is 0 Å². The number of esters is 1. The van der Waals surface area contributed by atoms with Gasteiger partial charge in [0, 0.05) is 4.88 Å². The van der Waals surface area contributed by atoms with Crippen LogP contribution >= 0.6 is 23.1 Å². The fraction of sp³-hybridized carbons (Fsp3) is 0.350. The van der Waals surface area contributed by atoms with Gasteiger partial charge in [-0.2, -0.15) is 0 Å². The van der Waals surface area contributed by atoms with Crippen molar-refractivity contribution in [3.05, 3.63) is 45.1 Å². The molecule has 2 heterocycles. The average Bonchev–Trinajstić information content (AvgIpc) is 3.27. The van der Waals surface area contributed by atoms with Gasteiger partial charge >= 0.3 is 5.97 Å². The van der Waals surface area contributed by atoms with E-state index in [1.54, 1.807) is 29.9 Å². The summed E-state index contributed by atoms with van der Waals surface area (Å²) >= 11 is 2.80. The second-order valence-electron chi connectivity index (χ2n) is 6.34. The van der Waals surface area contributed by atoms with E-state index >= 15 is 0 Å². The number of benzene rings is 1. The molecule has 6 nitrogen and oxygen atoms in total.